The molecule has 0 radical (unpaired) electrons. The van der Waals surface area contributed by atoms with Crippen LogP contribution >= 0.6 is 0 Å². The molecule has 1 amide bonds. The molecular weight excluding hydrogens is 280 g/mol. The summed E-state index contributed by atoms with van der Waals surface area (Å²) in [6.45, 7) is 8.42. The summed E-state index contributed by atoms with van der Waals surface area (Å²) in [4.78, 5) is 13.5. The van der Waals surface area contributed by atoms with E-state index < -0.39 is 0 Å². The molecule has 1 aliphatic heterocycles. The molecule has 118 valence electrons. The molecule has 0 bridgehead atoms. The molecule has 0 saturated carbocycles. The van der Waals surface area contributed by atoms with Crippen molar-refractivity contribution in [2.75, 3.05) is 18.4 Å². The van der Waals surface area contributed by atoms with Crippen LogP contribution in [0.25, 0.3) is 0 Å². The highest BCUT2D eigenvalue weighted by molar-refractivity contribution is 5.87. The summed E-state index contributed by atoms with van der Waals surface area (Å²) < 4.78 is 7.55. The quantitative estimate of drug-likeness (QED) is 0.942. The average molecular weight is 302 g/mol. The van der Waals surface area contributed by atoms with Crippen molar-refractivity contribution in [3.63, 3.8) is 0 Å². The van der Waals surface area contributed by atoms with Crippen molar-refractivity contribution < 1.29 is 9.21 Å². The number of hydrogen-bond acceptors (Lipinski definition) is 4. The van der Waals surface area contributed by atoms with E-state index in [0.29, 0.717) is 11.9 Å². The fourth-order valence-corrected chi connectivity index (χ4v) is 3.04. The Morgan fingerprint density at radius 1 is 1.50 bits per heavy atom. The fraction of sp³-hybridized carbons (Fsp3) is 0.500. The van der Waals surface area contributed by atoms with Gasteiger partial charge >= 0.3 is 0 Å². The van der Waals surface area contributed by atoms with Crippen molar-refractivity contribution in [2.24, 2.45) is 0 Å². The Hall–Kier alpha value is -2.08. The van der Waals surface area contributed by atoms with Gasteiger partial charge in [-0.2, -0.15) is 5.10 Å². The summed E-state index contributed by atoms with van der Waals surface area (Å²) in [7, 11) is 0. The minimum atomic E-state index is -0.0934. The third-order valence-corrected chi connectivity index (χ3v) is 4.07. The highest BCUT2D eigenvalue weighted by atomic mass is 16.3. The molecule has 0 aromatic carbocycles. The van der Waals surface area contributed by atoms with Gasteiger partial charge in [-0.1, -0.05) is 0 Å². The predicted molar refractivity (Wildman–Crippen MR) is 83.6 cm³/mol. The van der Waals surface area contributed by atoms with Gasteiger partial charge in [0.2, 0.25) is 5.91 Å². The number of likely N-dealkylation sites (tertiary alicyclic amines) is 1. The van der Waals surface area contributed by atoms with Crippen molar-refractivity contribution >= 4 is 11.7 Å². The Bertz CT molecular complexity index is 673. The molecule has 6 nitrogen and oxygen atoms in total. The standard InChI is InChI=1S/C16H22N4O2/c1-11-8-14(12(2)22-11)9-19-6-4-15(10-19)20-7-5-16(18-20)17-13(3)21/h5,7-8,15H,4,6,9-10H2,1-3H3,(H,17,18,21). The van der Waals surface area contributed by atoms with E-state index in [9.17, 15) is 4.79 Å². The van der Waals surface area contributed by atoms with E-state index in [2.05, 4.69) is 21.4 Å². The van der Waals surface area contributed by atoms with Crippen LogP contribution in [0.1, 0.15) is 36.5 Å². The van der Waals surface area contributed by atoms with Crippen LogP contribution in [0.5, 0.6) is 0 Å². The molecule has 3 heterocycles. The van der Waals surface area contributed by atoms with E-state index >= 15 is 0 Å². The molecule has 1 atom stereocenters. The zero-order chi connectivity index (χ0) is 15.7. The van der Waals surface area contributed by atoms with Gasteiger partial charge in [-0.15, -0.1) is 0 Å². The highest BCUT2D eigenvalue weighted by Crippen LogP contribution is 2.25. The van der Waals surface area contributed by atoms with Crippen molar-refractivity contribution in [1.82, 2.24) is 14.7 Å². The predicted octanol–water partition coefficient (Wildman–Crippen LogP) is 2.50. The Morgan fingerprint density at radius 3 is 3.00 bits per heavy atom. The van der Waals surface area contributed by atoms with Gasteiger partial charge < -0.3 is 9.73 Å². The van der Waals surface area contributed by atoms with E-state index in [-0.39, 0.29) is 5.91 Å². The van der Waals surface area contributed by atoms with Crippen LogP contribution in [-0.4, -0.2) is 33.7 Å². The average Bonchev–Trinajstić information content (AvgIpc) is 3.11. The van der Waals surface area contributed by atoms with Crippen molar-refractivity contribution in [3.05, 3.63) is 35.4 Å². The number of nitrogens with one attached hydrogen (secondary N) is 1. The molecule has 1 saturated heterocycles. The number of carbonyl (C=O) groups is 1. The molecular formula is C16H22N4O2. The lowest BCUT2D eigenvalue weighted by Gasteiger charge is -2.15. The second kappa shape index (κ2) is 5.96. The third kappa shape index (κ3) is 3.22. The van der Waals surface area contributed by atoms with Gasteiger partial charge in [0, 0.05) is 44.4 Å². The maximum Gasteiger partial charge on any atom is 0.222 e. The topological polar surface area (TPSA) is 63.3 Å². The first kappa shape index (κ1) is 14.8. The van der Waals surface area contributed by atoms with Crippen LogP contribution in [0.2, 0.25) is 0 Å². The Labute approximate surface area is 130 Å². The molecule has 0 aliphatic carbocycles. The SMILES string of the molecule is CC(=O)Nc1ccn(C2CCN(Cc3cc(C)oc3C)C2)n1. The normalized spacial score (nSPS) is 18.8. The van der Waals surface area contributed by atoms with Gasteiger partial charge in [0.1, 0.15) is 11.5 Å². The van der Waals surface area contributed by atoms with Crippen LogP contribution in [0.3, 0.4) is 0 Å². The van der Waals surface area contributed by atoms with Crippen molar-refractivity contribution in [2.45, 2.75) is 39.8 Å². The Morgan fingerprint density at radius 2 is 2.32 bits per heavy atom. The third-order valence-electron chi connectivity index (χ3n) is 4.07. The molecule has 22 heavy (non-hydrogen) atoms. The molecule has 6 heteroatoms. The lowest BCUT2D eigenvalue weighted by molar-refractivity contribution is -0.114. The van der Waals surface area contributed by atoms with Crippen LogP contribution < -0.4 is 5.32 Å². The van der Waals surface area contributed by atoms with Crippen molar-refractivity contribution in [1.29, 1.82) is 0 Å². The molecule has 1 aliphatic rings. The summed E-state index contributed by atoms with van der Waals surface area (Å²) in [5, 5.41) is 7.15. The number of furan rings is 1. The smallest absolute Gasteiger partial charge is 0.222 e. The van der Waals surface area contributed by atoms with E-state index in [4.69, 9.17) is 4.42 Å². The van der Waals surface area contributed by atoms with E-state index in [1.54, 1.807) is 0 Å². The second-order valence-electron chi connectivity index (χ2n) is 5.98. The number of nitrogens with zero attached hydrogens (tertiary/aromatic N) is 3. The largest absolute Gasteiger partial charge is 0.466 e. The zero-order valence-electron chi connectivity index (χ0n) is 13.3. The summed E-state index contributed by atoms with van der Waals surface area (Å²) in [6.07, 6.45) is 3.00. The van der Waals surface area contributed by atoms with Gasteiger partial charge in [-0.05, 0) is 26.3 Å². The number of aromatic nitrogens is 2. The minimum absolute atomic E-state index is 0.0934. The summed E-state index contributed by atoms with van der Waals surface area (Å²) in [6, 6.07) is 4.31. The lowest BCUT2D eigenvalue weighted by Crippen LogP contribution is -2.21. The van der Waals surface area contributed by atoms with E-state index in [0.717, 1.165) is 37.6 Å². The Kier molecular flexibility index (Phi) is 4.02. The molecule has 1 unspecified atom stereocenters. The van der Waals surface area contributed by atoms with Crippen molar-refractivity contribution in [3.8, 4) is 0 Å². The van der Waals surface area contributed by atoms with Crippen LogP contribution in [0.15, 0.2) is 22.7 Å². The van der Waals surface area contributed by atoms with E-state index in [1.807, 2.05) is 30.8 Å². The van der Waals surface area contributed by atoms with Gasteiger partial charge in [0.25, 0.3) is 0 Å². The number of hydrogen-bond donors (Lipinski definition) is 1. The number of amides is 1. The number of rotatable bonds is 4. The Balaban J connectivity index is 1.61. The summed E-state index contributed by atoms with van der Waals surface area (Å²) in [5.41, 5.74) is 1.26. The molecule has 3 rings (SSSR count). The molecule has 2 aromatic heterocycles. The number of anilines is 1. The molecule has 1 fully saturated rings. The van der Waals surface area contributed by atoms with Crippen LogP contribution in [0, 0.1) is 13.8 Å². The first-order chi connectivity index (χ1) is 10.5. The first-order valence-corrected chi connectivity index (χ1v) is 7.62. The fourth-order valence-electron chi connectivity index (χ4n) is 3.04. The second-order valence-corrected chi connectivity index (χ2v) is 5.98. The maximum absolute atomic E-state index is 11.1. The number of carbonyl (C=O) groups excluding carboxylic acids is 1. The molecule has 0 spiro atoms. The summed E-state index contributed by atoms with van der Waals surface area (Å²) in [5.74, 6) is 2.50. The lowest BCUT2D eigenvalue weighted by atomic mass is 10.2. The first-order valence-electron chi connectivity index (χ1n) is 7.62. The monoisotopic (exact) mass is 302 g/mol. The van der Waals surface area contributed by atoms with Crippen LogP contribution in [0.4, 0.5) is 5.82 Å². The van der Waals surface area contributed by atoms with Gasteiger partial charge in [0.15, 0.2) is 5.82 Å². The summed E-state index contributed by atoms with van der Waals surface area (Å²) >= 11 is 0. The number of aryl methyl sites for hydroxylation is 2. The van der Waals surface area contributed by atoms with Gasteiger partial charge in [-0.3, -0.25) is 14.4 Å². The minimum Gasteiger partial charge on any atom is -0.466 e. The highest BCUT2D eigenvalue weighted by Gasteiger charge is 2.25. The molecule has 2 aromatic rings. The zero-order valence-corrected chi connectivity index (χ0v) is 13.3. The van der Waals surface area contributed by atoms with Crippen LogP contribution in [-0.2, 0) is 11.3 Å². The maximum atomic E-state index is 11.1. The van der Waals surface area contributed by atoms with E-state index in [1.165, 1.54) is 12.5 Å². The van der Waals surface area contributed by atoms with Gasteiger partial charge in [0.05, 0.1) is 6.04 Å². The molecule has 1 N–H and O–H groups in total. The van der Waals surface area contributed by atoms with Gasteiger partial charge in [-0.25, -0.2) is 0 Å².